The highest BCUT2D eigenvalue weighted by atomic mass is 32.2. The summed E-state index contributed by atoms with van der Waals surface area (Å²) < 4.78 is 27.8. The van der Waals surface area contributed by atoms with E-state index in [1.54, 1.807) is 18.2 Å². The van der Waals surface area contributed by atoms with E-state index in [4.69, 9.17) is 5.11 Å². The zero-order chi connectivity index (χ0) is 21.3. The van der Waals surface area contributed by atoms with Gasteiger partial charge in [-0.3, -0.25) is 0 Å². The number of aromatic amines is 1. The predicted molar refractivity (Wildman–Crippen MR) is 114 cm³/mol. The number of carbonyl (C=O) groups is 1. The second-order valence-electron chi connectivity index (χ2n) is 6.96. The molecule has 0 bridgehead atoms. The summed E-state index contributed by atoms with van der Waals surface area (Å²) in [5.41, 5.74) is 4.04. The number of nitrogens with zero attached hydrogens (tertiary/aromatic N) is 1. The number of carboxylic acid groups (broad SMARTS) is 1. The third-order valence-corrected chi connectivity index (χ3v) is 6.13. The fraction of sp³-hybridized carbons (Fsp3) is 0.0909. The highest BCUT2D eigenvalue weighted by molar-refractivity contribution is 7.89. The Labute approximate surface area is 173 Å². The van der Waals surface area contributed by atoms with Gasteiger partial charge in [0.2, 0.25) is 10.0 Å². The number of H-pyrrole nitrogens is 1. The molecule has 0 fully saturated rings. The number of aryl methyl sites for hydroxylation is 1. The van der Waals surface area contributed by atoms with Crippen LogP contribution in [0.5, 0.6) is 0 Å². The van der Waals surface area contributed by atoms with Crippen LogP contribution in [-0.2, 0) is 16.6 Å². The van der Waals surface area contributed by atoms with E-state index >= 15 is 0 Å². The molecule has 0 amide bonds. The van der Waals surface area contributed by atoms with Crippen molar-refractivity contribution in [3.63, 3.8) is 0 Å². The van der Waals surface area contributed by atoms with Gasteiger partial charge in [-0.15, -0.1) is 0 Å². The molecule has 0 saturated heterocycles. The van der Waals surface area contributed by atoms with Crippen molar-refractivity contribution in [1.82, 2.24) is 14.7 Å². The van der Waals surface area contributed by atoms with Crippen molar-refractivity contribution in [1.29, 1.82) is 0 Å². The second kappa shape index (κ2) is 7.74. The molecule has 3 aromatic carbocycles. The summed E-state index contributed by atoms with van der Waals surface area (Å²) in [6.45, 7) is 2.17. The van der Waals surface area contributed by atoms with Crippen LogP contribution < -0.4 is 4.72 Å². The topological polar surface area (TPSA) is 112 Å². The normalized spacial score (nSPS) is 11.6. The molecule has 0 aliphatic carbocycles. The predicted octanol–water partition coefficient (Wildman–Crippen LogP) is 3.72. The SMILES string of the molecule is Cc1cccc(CNS(=O)(=O)c2ccc(-c3nc4ccc(C(=O)O)cc4[nH]3)cc2)c1. The molecule has 0 aliphatic heterocycles. The minimum absolute atomic E-state index is 0.156. The molecule has 0 radical (unpaired) electrons. The zero-order valence-electron chi connectivity index (χ0n) is 16.1. The molecule has 1 heterocycles. The minimum atomic E-state index is -3.66. The van der Waals surface area contributed by atoms with Crippen molar-refractivity contribution in [3.8, 4) is 11.4 Å². The van der Waals surface area contributed by atoms with E-state index in [2.05, 4.69) is 14.7 Å². The molecule has 1 aromatic heterocycles. The average Bonchev–Trinajstić information content (AvgIpc) is 3.16. The molecular formula is C22H19N3O4S. The maximum Gasteiger partial charge on any atom is 0.335 e. The summed E-state index contributed by atoms with van der Waals surface area (Å²) in [7, 11) is -3.66. The smallest absolute Gasteiger partial charge is 0.335 e. The molecule has 0 saturated carbocycles. The lowest BCUT2D eigenvalue weighted by molar-refractivity contribution is 0.0697. The lowest BCUT2D eigenvalue weighted by Gasteiger charge is -2.08. The summed E-state index contributed by atoms with van der Waals surface area (Å²) >= 11 is 0. The molecule has 7 nitrogen and oxygen atoms in total. The second-order valence-corrected chi connectivity index (χ2v) is 8.73. The summed E-state index contributed by atoms with van der Waals surface area (Å²) in [6, 6.07) is 18.7. The van der Waals surface area contributed by atoms with Crippen molar-refractivity contribution in [2.45, 2.75) is 18.4 Å². The molecule has 3 N–H and O–H groups in total. The van der Waals surface area contributed by atoms with E-state index < -0.39 is 16.0 Å². The van der Waals surface area contributed by atoms with Crippen molar-refractivity contribution in [2.75, 3.05) is 0 Å². The van der Waals surface area contributed by atoms with Gasteiger partial charge in [-0.1, -0.05) is 29.8 Å². The molecule has 0 unspecified atom stereocenters. The highest BCUT2D eigenvalue weighted by Gasteiger charge is 2.15. The Kier molecular flexibility index (Phi) is 5.11. The molecule has 4 rings (SSSR count). The number of nitrogens with one attached hydrogen (secondary N) is 2. The number of rotatable bonds is 6. The zero-order valence-corrected chi connectivity index (χ0v) is 16.9. The maximum absolute atomic E-state index is 12.6. The van der Waals surface area contributed by atoms with Crippen LogP contribution in [0.4, 0.5) is 0 Å². The van der Waals surface area contributed by atoms with E-state index in [1.165, 1.54) is 24.3 Å². The van der Waals surface area contributed by atoms with Crippen LogP contribution in [0.1, 0.15) is 21.5 Å². The lowest BCUT2D eigenvalue weighted by Crippen LogP contribution is -2.23. The summed E-state index contributed by atoms with van der Waals surface area (Å²) in [5.74, 6) is -0.482. The van der Waals surface area contributed by atoms with Crippen LogP contribution in [0.3, 0.4) is 0 Å². The Morgan fingerprint density at radius 2 is 1.83 bits per heavy atom. The Balaban J connectivity index is 1.54. The number of fused-ring (bicyclic) bond motifs is 1. The van der Waals surface area contributed by atoms with Gasteiger partial charge in [0, 0.05) is 12.1 Å². The fourth-order valence-electron chi connectivity index (χ4n) is 3.16. The van der Waals surface area contributed by atoms with E-state index in [9.17, 15) is 13.2 Å². The molecule has 0 atom stereocenters. The van der Waals surface area contributed by atoms with Gasteiger partial charge in [-0.25, -0.2) is 22.9 Å². The average molecular weight is 421 g/mol. The molecule has 4 aromatic rings. The molecular weight excluding hydrogens is 402 g/mol. The molecule has 0 aliphatic rings. The van der Waals surface area contributed by atoms with Crippen molar-refractivity contribution < 1.29 is 18.3 Å². The largest absolute Gasteiger partial charge is 0.478 e. The first-order valence-corrected chi connectivity index (χ1v) is 10.7. The van der Waals surface area contributed by atoms with Crippen LogP contribution >= 0.6 is 0 Å². The van der Waals surface area contributed by atoms with Crippen molar-refractivity contribution >= 4 is 27.0 Å². The number of aromatic nitrogens is 2. The summed E-state index contributed by atoms with van der Waals surface area (Å²) in [6.07, 6.45) is 0. The Hall–Kier alpha value is -3.49. The third kappa shape index (κ3) is 4.10. The molecule has 0 spiro atoms. The number of imidazole rings is 1. The van der Waals surface area contributed by atoms with Gasteiger partial charge < -0.3 is 10.1 Å². The molecule has 30 heavy (non-hydrogen) atoms. The van der Waals surface area contributed by atoms with Gasteiger partial charge in [-0.2, -0.15) is 0 Å². The maximum atomic E-state index is 12.6. The monoisotopic (exact) mass is 421 g/mol. The van der Waals surface area contributed by atoms with E-state index in [0.717, 1.165) is 11.1 Å². The van der Waals surface area contributed by atoms with Crippen molar-refractivity contribution in [3.05, 3.63) is 83.4 Å². The Morgan fingerprint density at radius 1 is 1.07 bits per heavy atom. The van der Waals surface area contributed by atoms with Gasteiger partial charge in [0.1, 0.15) is 5.82 Å². The number of carboxylic acids is 1. The van der Waals surface area contributed by atoms with E-state index in [-0.39, 0.29) is 17.0 Å². The van der Waals surface area contributed by atoms with Gasteiger partial charge in [0.15, 0.2) is 0 Å². The minimum Gasteiger partial charge on any atom is -0.478 e. The van der Waals surface area contributed by atoms with Crippen LogP contribution in [0.15, 0.2) is 71.6 Å². The van der Waals surface area contributed by atoms with E-state index in [0.29, 0.717) is 22.4 Å². The first-order chi connectivity index (χ1) is 14.3. The van der Waals surface area contributed by atoms with Gasteiger partial charge in [0.05, 0.1) is 21.5 Å². The number of benzene rings is 3. The number of sulfonamides is 1. The summed E-state index contributed by atoms with van der Waals surface area (Å²) in [5, 5.41) is 9.11. The Morgan fingerprint density at radius 3 is 2.53 bits per heavy atom. The fourth-order valence-corrected chi connectivity index (χ4v) is 4.17. The first kappa shape index (κ1) is 19.8. The van der Waals surface area contributed by atoms with Crippen LogP contribution in [0.2, 0.25) is 0 Å². The van der Waals surface area contributed by atoms with E-state index in [1.807, 2.05) is 31.2 Å². The van der Waals surface area contributed by atoms with Crippen LogP contribution in [-0.4, -0.2) is 29.5 Å². The standard InChI is InChI=1S/C22H19N3O4S/c1-14-3-2-4-15(11-14)13-23-30(28,29)18-8-5-16(6-9-18)21-24-19-10-7-17(22(26)27)12-20(19)25-21/h2-12,23H,13H2,1H3,(H,24,25)(H,26,27). The van der Waals surface area contributed by atoms with Gasteiger partial charge >= 0.3 is 5.97 Å². The number of hydrogen-bond acceptors (Lipinski definition) is 4. The van der Waals surface area contributed by atoms with Gasteiger partial charge in [0.25, 0.3) is 0 Å². The lowest BCUT2D eigenvalue weighted by atomic mass is 10.1. The highest BCUT2D eigenvalue weighted by Crippen LogP contribution is 2.23. The quantitative estimate of drug-likeness (QED) is 0.439. The van der Waals surface area contributed by atoms with Crippen LogP contribution in [0.25, 0.3) is 22.4 Å². The first-order valence-electron chi connectivity index (χ1n) is 9.20. The summed E-state index contributed by atoms with van der Waals surface area (Å²) in [4.78, 5) is 18.8. The third-order valence-electron chi connectivity index (χ3n) is 4.72. The molecule has 152 valence electrons. The Bertz CT molecular complexity index is 1340. The van der Waals surface area contributed by atoms with Crippen LogP contribution in [0, 0.1) is 6.92 Å². The van der Waals surface area contributed by atoms with Crippen molar-refractivity contribution in [2.24, 2.45) is 0 Å². The number of hydrogen-bond donors (Lipinski definition) is 3. The number of aromatic carboxylic acids is 1. The van der Waals surface area contributed by atoms with Gasteiger partial charge in [-0.05, 0) is 55.0 Å². The molecule has 8 heteroatoms.